The van der Waals surface area contributed by atoms with Crippen molar-refractivity contribution < 1.29 is 35.5 Å². The first-order valence-corrected chi connectivity index (χ1v) is 9.77. The van der Waals surface area contributed by atoms with Crippen molar-refractivity contribution in [3.05, 3.63) is 0 Å². The summed E-state index contributed by atoms with van der Waals surface area (Å²) in [6.45, 7) is 0.0104. The van der Waals surface area contributed by atoms with E-state index in [0.29, 0.717) is 12.5 Å². The van der Waals surface area contributed by atoms with Crippen LogP contribution in [0.25, 0.3) is 0 Å². The molecular weight excluding hydrogens is 326 g/mol. The molecule has 0 aromatic heterocycles. The zero-order valence-electron chi connectivity index (χ0n) is 12.1. The van der Waals surface area contributed by atoms with Crippen molar-refractivity contribution in [2.24, 2.45) is 5.73 Å². The molecule has 0 unspecified atom stereocenters. The highest BCUT2D eigenvalue weighted by molar-refractivity contribution is 7.85. The van der Waals surface area contributed by atoms with Crippen molar-refractivity contribution in [2.75, 3.05) is 19.1 Å². The Kier molecular flexibility index (Phi) is 11.7. The molecule has 0 radical (unpaired) electrons. The van der Waals surface area contributed by atoms with Gasteiger partial charge in [0, 0.05) is 0 Å². The molecule has 1 saturated carbocycles. The summed E-state index contributed by atoms with van der Waals surface area (Å²) in [6.07, 6.45) is 7.26. The normalized spacial score (nSPS) is 15.9. The van der Waals surface area contributed by atoms with Crippen molar-refractivity contribution in [3.63, 3.8) is 0 Å². The van der Waals surface area contributed by atoms with Crippen LogP contribution in [-0.4, -0.2) is 57.1 Å². The molecule has 0 atom stereocenters. The van der Waals surface area contributed by atoms with Gasteiger partial charge in [0.15, 0.2) is 0 Å². The Morgan fingerprint density at radius 2 is 1.38 bits per heavy atom. The smallest absolute Gasteiger partial charge is 0.319 e. The maximum atomic E-state index is 10.7. The molecule has 9 nitrogen and oxygen atoms in total. The van der Waals surface area contributed by atoms with Gasteiger partial charge < -0.3 is 10.5 Å². The maximum Gasteiger partial charge on any atom is 0.319 e. The highest BCUT2D eigenvalue weighted by atomic mass is 32.2. The fourth-order valence-electron chi connectivity index (χ4n) is 1.42. The Morgan fingerprint density at radius 1 is 1.05 bits per heavy atom. The van der Waals surface area contributed by atoms with E-state index in [9.17, 15) is 21.6 Å². The van der Waals surface area contributed by atoms with Crippen LogP contribution < -0.4 is 5.73 Å². The van der Waals surface area contributed by atoms with Crippen LogP contribution in [-0.2, 0) is 29.8 Å². The van der Waals surface area contributed by atoms with Gasteiger partial charge >= 0.3 is 5.97 Å². The van der Waals surface area contributed by atoms with Crippen LogP contribution >= 0.6 is 0 Å². The molecule has 1 aliphatic carbocycles. The summed E-state index contributed by atoms with van der Waals surface area (Å²) < 4.78 is 56.8. The number of rotatable bonds is 2. The van der Waals surface area contributed by atoms with E-state index in [0.717, 1.165) is 12.8 Å². The van der Waals surface area contributed by atoms with Crippen LogP contribution in [0.3, 0.4) is 0 Å². The SMILES string of the molecule is CS(=O)(=O)O.CS(=O)(=O)O.NCC(=O)OC1CCCCC1. The first kappa shape index (κ1) is 22.5. The van der Waals surface area contributed by atoms with Crippen LogP contribution in [0.1, 0.15) is 32.1 Å². The minimum Gasteiger partial charge on any atom is -0.461 e. The van der Waals surface area contributed by atoms with E-state index in [1.807, 2.05) is 0 Å². The number of nitrogens with two attached hydrogens (primary N) is 1. The summed E-state index contributed by atoms with van der Waals surface area (Å²) in [4.78, 5) is 10.7. The van der Waals surface area contributed by atoms with Crippen molar-refractivity contribution in [1.82, 2.24) is 0 Å². The summed E-state index contributed by atoms with van der Waals surface area (Å²) in [5.41, 5.74) is 5.11. The molecule has 0 spiro atoms. The van der Waals surface area contributed by atoms with Crippen LogP contribution in [0, 0.1) is 0 Å². The minimum absolute atomic E-state index is 0.0104. The minimum atomic E-state index is -3.67. The second-order valence-corrected chi connectivity index (χ2v) is 7.35. The molecule has 11 heteroatoms. The highest BCUT2D eigenvalue weighted by Gasteiger charge is 2.16. The molecule has 0 aromatic rings. The maximum absolute atomic E-state index is 10.7. The second kappa shape index (κ2) is 10.9. The molecule has 1 rings (SSSR count). The van der Waals surface area contributed by atoms with Gasteiger partial charge in [0.2, 0.25) is 0 Å². The van der Waals surface area contributed by atoms with Gasteiger partial charge in [-0.25, -0.2) is 0 Å². The number of hydrogen-bond acceptors (Lipinski definition) is 7. The number of hydrogen-bond donors (Lipinski definition) is 3. The summed E-state index contributed by atoms with van der Waals surface area (Å²) in [5, 5.41) is 0. The third-order valence-electron chi connectivity index (χ3n) is 2.02. The Bertz CT molecular complexity index is 433. The lowest BCUT2D eigenvalue weighted by Gasteiger charge is -2.21. The fraction of sp³-hybridized carbons (Fsp3) is 0.900. The Morgan fingerprint density at radius 3 is 1.67 bits per heavy atom. The van der Waals surface area contributed by atoms with Crippen molar-refractivity contribution in [1.29, 1.82) is 0 Å². The molecule has 0 heterocycles. The lowest BCUT2D eigenvalue weighted by molar-refractivity contribution is -0.148. The summed E-state index contributed by atoms with van der Waals surface area (Å²) >= 11 is 0. The lowest BCUT2D eigenvalue weighted by Crippen LogP contribution is -2.25. The van der Waals surface area contributed by atoms with Gasteiger partial charge in [-0.15, -0.1) is 0 Å². The van der Waals surface area contributed by atoms with Gasteiger partial charge in [0.25, 0.3) is 20.2 Å². The van der Waals surface area contributed by atoms with Crippen molar-refractivity contribution in [2.45, 2.75) is 38.2 Å². The fourth-order valence-corrected chi connectivity index (χ4v) is 1.42. The summed E-state index contributed by atoms with van der Waals surface area (Å²) in [7, 11) is -7.33. The largest absolute Gasteiger partial charge is 0.461 e. The van der Waals surface area contributed by atoms with E-state index in [1.165, 1.54) is 19.3 Å². The predicted molar refractivity (Wildman–Crippen MR) is 77.0 cm³/mol. The number of esters is 1. The number of carbonyl (C=O) groups is 1. The van der Waals surface area contributed by atoms with Crippen LogP contribution in [0.5, 0.6) is 0 Å². The Hall–Kier alpha value is -0.750. The van der Waals surface area contributed by atoms with Gasteiger partial charge in [-0.3, -0.25) is 13.9 Å². The quantitative estimate of drug-likeness (QED) is 0.454. The zero-order valence-corrected chi connectivity index (χ0v) is 13.7. The number of ether oxygens (including phenoxy) is 1. The highest BCUT2D eigenvalue weighted by Crippen LogP contribution is 2.19. The first-order chi connectivity index (χ1) is 9.33. The van der Waals surface area contributed by atoms with Crippen LogP contribution in [0.2, 0.25) is 0 Å². The van der Waals surface area contributed by atoms with Crippen LogP contribution in [0.15, 0.2) is 0 Å². The van der Waals surface area contributed by atoms with Gasteiger partial charge in [-0.05, 0) is 25.7 Å². The molecule has 0 saturated heterocycles. The third-order valence-corrected chi connectivity index (χ3v) is 2.02. The predicted octanol–water partition coefficient (Wildman–Crippen LogP) is -0.171. The summed E-state index contributed by atoms with van der Waals surface area (Å²) in [5.74, 6) is -0.267. The van der Waals surface area contributed by atoms with Crippen molar-refractivity contribution in [3.8, 4) is 0 Å². The number of carbonyl (C=O) groups excluding carboxylic acids is 1. The van der Waals surface area contributed by atoms with Crippen LogP contribution in [0.4, 0.5) is 0 Å². The van der Waals surface area contributed by atoms with E-state index >= 15 is 0 Å². The van der Waals surface area contributed by atoms with Gasteiger partial charge in [0.1, 0.15) is 6.10 Å². The molecule has 0 aliphatic heterocycles. The zero-order chi connectivity index (χ0) is 17.1. The van der Waals surface area contributed by atoms with E-state index in [4.69, 9.17) is 19.6 Å². The van der Waals surface area contributed by atoms with E-state index in [2.05, 4.69) is 0 Å². The molecule has 1 aliphatic rings. The molecular formula is C10H23NO8S2. The van der Waals surface area contributed by atoms with E-state index in [-0.39, 0.29) is 18.6 Å². The average Bonchev–Trinajstić information content (AvgIpc) is 2.25. The standard InChI is InChI=1S/C8H15NO2.2CH4O3S/c9-6-8(10)11-7-4-2-1-3-5-7;2*1-5(2,3)4/h7H,1-6,9H2;2*1H3,(H,2,3,4). The molecule has 0 aromatic carbocycles. The van der Waals surface area contributed by atoms with E-state index < -0.39 is 20.2 Å². The molecule has 0 amide bonds. The van der Waals surface area contributed by atoms with Gasteiger partial charge in [-0.2, -0.15) is 16.8 Å². The molecule has 128 valence electrons. The third kappa shape index (κ3) is 32.6. The van der Waals surface area contributed by atoms with E-state index in [1.54, 1.807) is 0 Å². The monoisotopic (exact) mass is 349 g/mol. The Balaban J connectivity index is 0. The first-order valence-electron chi connectivity index (χ1n) is 6.07. The molecule has 4 N–H and O–H groups in total. The van der Waals surface area contributed by atoms with Gasteiger partial charge in [0.05, 0.1) is 19.1 Å². The summed E-state index contributed by atoms with van der Waals surface area (Å²) in [6, 6.07) is 0. The average molecular weight is 349 g/mol. The lowest BCUT2D eigenvalue weighted by atomic mass is 9.98. The van der Waals surface area contributed by atoms with Gasteiger partial charge in [-0.1, -0.05) is 6.42 Å². The molecule has 1 fully saturated rings. The molecule has 0 bridgehead atoms. The van der Waals surface area contributed by atoms with Crippen molar-refractivity contribution >= 4 is 26.2 Å². The Labute approximate surface area is 125 Å². The second-order valence-electron chi connectivity index (χ2n) is 4.42. The molecule has 21 heavy (non-hydrogen) atoms. The topological polar surface area (TPSA) is 161 Å².